The van der Waals surface area contributed by atoms with Crippen LogP contribution in [0.25, 0.3) is 0 Å². The Morgan fingerprint density at radius 2 is 1.81 bits per heavy atom. The number of alkyl carbamates (subject to hydrolysis) is 1. The fourth-order valence-corrected chi connectivity index (χ4v) is 4.37. The summed E-state index contributed by atoms with van der Waals surface area (Å²) in [6.07, 6.45) is -0.245. The van der Waals surface area contributed by atoms with Crippen LogP contribution in [0.15, 0.2) is 18.2 Å². The number of aliphatic carboxylic acids is 1. The summed E-state index contributed by atoms with van der Waals surface area (Å²) >= 11 is 9.48. The lowest BCUT2D eigenvalue weighted by molar-refractivity contribution is -0.146. The van der Waals surface area contributed by atoms with Gasteiger partial charge in [-0.15, -0.1) is 11.6 Å². The Balaban J connectivity index is 3.35. The average Bonchev–Trinajstić information content (AvgIpc) is 2.60. The summed E-state index contributed by atoms with van der Waals surface area (Å²) in [6.45, 7) is 14.5. The zero-order valence-electron chi connectivity index (χ0n) is 20.3. The second-order valence-electron chi connectivity index (χ2n) is 10.1. The number of ether oxygens (including phenoxy) is 1. The van der Waals surface area contributed by atoms with Gasteiger partial charge in [-0.05, 0) is 62.8 Å². The van der Waals surface area contributed by atoms with Crippen molar-refractivity contribution in [1.29, 1.82) is 0 Å². The van der Waals surface area contributed by atoms with Crippen LogP contribution < -0.4 is 10.2 Å². The maximum absolute atomic E-state index is 12.6. The van der Waals surface area contributed by atoms with Crippen LogP contribution in [0, 0.1) is 18.3 Å². The van der Waals surface area contributed by atoms with Crippen LogP contribution in [0.1, 0.15) is 52.7 Å². The number of benzene rings is 1. The van der Waals surface area contributed by atoms with Gasteiger partial charge in [-0.1, -0.05) is 42.8 Å². The number of nitrogens with zero attached hydrogens (tertiary/aromatic N) is 1. The molecule has 0 fully saturated rings. The van der Waals surface area contributed by atoms with Crippen LogP contribution >= 0.6 is 27.5 Å². The molecule has 182 valence electrons. The van der Waals surface area contributed by atoms with Gasteiger partial charge in [0.2, 0.25) is 0 Å². The Kier molecular flexibility index (Phi) is 10.8. The van der Waals surface area contributed by atoms with Gasteiger partial charge < -0.3 is 20.1 Å². The Morgan fingerprint density at radius 1 is 1.19 bits per heavy atom. The lowest BCUT2D eigenvalue weighted by Gasteiger charge is -2.35. The number of carbonyl (C=O) groups is 2. The minimum Gasteiger partial charge on any atom is -0.481 e. The lowest BCUT2D eigenvalue weighted by atomic mass is 9.74. The van der Waals surface area contributed by atoms with Crippen molar-refractivity contribution in [3.05, 3.63) is 29.3 Å². The summed E-state index contributed by atoms with van der Waals surface area (Å²) in [4.78, 5) is 27.0. The zero-order valence-corrected chi connectivity index (χ0v) is 22.6. The molecule has 1 amide bonds. The molecule has 1 aromatic rings. The summed E-state index contributed by atoms with van der Waals surface area (Å²) in [5.74, 6) is -1.25. The van der Waals surface area contributed by atoms with Gasteiger partial charge in [-0.3, -0.25) is 4.79 Å². The van der Waals surface area contributed by atoms with Crippen LogP contribution in [0.2, 0.25) is 0 Å². The Morgan fingerprint density at radius 3 is 2.28 bits per heavy atom. The van der Waals surface area contributed by atoms with Gasteiger partial charge in [0.25, 0.3) is 0 Å². The molecule has 0 aliphatic rings. The number of nitrogens with one attached hydrogen (secondary N) is 1. The maximum Gasteiger partial charge on any atom is 0.407 e. The number of rotatable bonds is 10. The number of alkyl halides is 2. The van der Waals surface area contributed by atoms with E-state index < -0.39 is 35.0 Å². The number of aryl methyl sites for hydroxylation is 1. The van der Waals surface area contributed by atoms with E-state index >= 15 is 0 Å². The highest BCUT2D eigenvalue weighted by Crippen LogP contribution is 2.32. The lowest BCUT2D eigenvalue weighted by Crippen LogP contribution is -2.50. The van der Waals surface area contributed by atoms with E-state index in [9.17, 15) is 14.7 Å². The first-order valence-corrected chi connectivity index (χ1v) is 12.5. The summed E-state index contributed by atoms with van der Waals surface area (Å²) < 4.78 is 5.43. The van der Waals surface area contributed by atoms with Crippen molar-refractivity contribution in [3.63, 3.8) is 0 Å². The molecule has 1 aromatic carbocycles. The second-order valence-corrected chi connectivity index (χ2v) is 11.3. The van der Waals surface area contributed by atoms with Gasteiger partial charge >= 0.3 is 12.1 Å². The molecule has 1 rings (SSSR count). The molecule has 1 unspecified atom stereocenters. The van der Waals surface area contributed by atoms with Crippen molar-refractivity contribution in [3.8, 4) is 0 Å². The molecular formula is C24H38BrClN2O4. The van der Waals surface area contributed by atoms with Crippen LogP contribution in [0.5, 0.6) is 0 Å². The number of carboxylic acids is 1. The molecule has 2 atom stereocenters. The van der Waals surface area contributed by atoms with Crippen LogP contribution in [0.4, 0.5) is 10.5 Å². The van der Waals surface area contributed by atoms with E-state index in [4.69, 9.17) is 16.3 Å². The zero-order chi connectivity index (χ0) is 24.7. The molecule has 0 aliphatic heterocycles. The Labute approximate surface area is 206 Å². The number of hydrogen-bond acceptors (Lipinski definition) is 4. The number of halogens is 2. The van der Waals surface area contributed by atoms with Gasteiger partial charge in [0, 0.05) is 30.0 Å². The molecule has 0 bridgehead atoms. The van der Waals surface area contributed by atoms with E-state index in [-0.39, 0.29) is 0 Å². The van der Waals surface area contributed by atoms with E-state index in [1.165, 1.54) is 0 Å². The highest BCUT2D eigenvalue weighted by Gasteiger charge is 2.39. The van der Waals surface area contributed by atoms with Crippen LogP contribution in [0.3, 0.4) is 0 Å². The number of anilines is 1. The fraction of sp³-hybridized carbons (Fsp3) is 0.667. The molecule has 2 N–H and O–H groups in total. The molecule has 0 radical (unpaired) electrons. The number of carboxylic acid groups (broad SMARTS) is 1. The third kappa shape index (κ3) is 9.18. The van der Waals surface area contributed by atoms with Gasteiger partial charge in [0.15, 0.2) is 0 Å². The van der Waals surface area contributed by atoms with Crippen molar-refractivity contribution in [2.45, 2.75) is 66.5 Å². The normalized spacial score (nSPS) is 13.9. The van der Waals surface area contributed by atoms with E-state index in [0.717, 1.165) is 28.7 Å². The molecule has 6 nitrogen and oxygen atoms in total. The SMILES string of the molecule is Cc1ccc(N(CCCl)CCBr)cc1C[C@@H](NC(=O)OC(C)(C)C)C(C(=O)O)C(C)(C)C. The van der Waals surface area contributed by atoms with E-state index in [1.54, 1.807) is 20.8 Å². The van der Waals surface area contributed by atoms with Crippen molar-refractivity contribution in [2.24, 2.45) is 11.3 Å². The predicted octanol–water partition coefficient (Wildman–Crippen LogP) is 5.62. The minimum absolute atomic E-state index is 0.371. The summed E-state index contributed by atoms with van der Waals surface area (Å²) in [6, 6.07) is 5.49. The highest BCUT2D eigenvalue weighted by atomic mass is 79.9. The molecule has 0 heterocycles. The fourth-order valence-electron chi connectivity index (χ4n) is 3.74. The minimum atomic E-state index is -0.949. The molecule has 0 aromatic heterocycles. The Hall–Kier alpha value is -1.47. The van der Waals surface area contributed by atoms with E-state index in [1.807, 2.05) is 39.8 Å². The summed E-state index contributed by atoms with van der Waals surface area (Å²) in [5, 5.41) is 13.7. The highest BCUT2D eigenvalue weighted by molar-refractivity contribution is 9.09. The first-order valence-electron chi connectivity index (χ1n) is 10.9. The third-order valence-electron chi connectivity index (χ3n) is 5.15. The van der Waals surface area contributed by atoms with E-state index in [2.05, 4.69) is 32.2 Å². The van der Waals surface area contributed by atoms with Crippen molar-refractivity contribution in [1.82, 2.24) is 5.32 Å². The molecule has 32 heavy (non-hydrogen) atoms. The third-order valence-corrected chi connectivity index (χ3v) is 5.67. The van der Waals surface area contributed by atoms with Crippen molar-refractivity contribution >= 4 is 45.3 Å². The second kappa shape index (κ2) is 12.1. The van der Waals surface area contributed by atoms with Gasteiger partial charge in [0.05, 0.1) is 12.0 Å². The maximum atomic E-state index is 12.6. The summed E-state index contributed by atoms with van der Waals surface area (Å²) in [7, 11) is 0. The molecule has 0 spiro atoms. The topological polar surface area (TPSA) is 78.9 Å². The van der Waals surface area contributed by atoms with Crippen molar-refractivity contribution in [2.75, 3.05) is 29.2 Å². The van der Waals surface area contributed by atoms with Gasteiger partial charge in [0.1, 0.15) is 5.60 Å². The number of amides is 1. The van der Waals surface area contributed by atoms with Crippen LogP contribution in [-0.4, -0.2) is 53.1 Å². The smallest absolute Gasteiger partial charge is 0.407 e. The van der Waals surface area contributed by atoms with Gasteiger partial charge in [-0.2, -0.15) is 0 Å². The molecule has 0 saturated carbocycles. The van der Waals surface area contributed by atoms with E-state index in [0.29, 0.717) is 18.8 Å². The monoisotopic (exact) mass is 532 g/mol. The first kappa shape index (κ1) is 28.6. The standard InChI is InChI=1S/C24H38BrClN2O4/c1-16-8-9-18(28(12-10-25)13-11-26)14-17(16)15-19(20(21(29)30)23(2,3)4)27-22(31)32-24(5,6)7/h8-9,14,19-20H,10-13,15H2,1-7H3,(H,27,31)(H,29,30)/t19-,20?/m1/s1. The molecule has 8 heteroatoms. The molecule has 0 saturated heterocycles. The predicted molar refractivity (Wildman–Crippen MR) is 135 cm³/mol. The quantitative estimate of drug-likeness (QED) is 0.382. The van der Waals surface area contributed by atoms with Crippen molar-refractivity contribution < 1.29 is 19.4 Å². The first-order chi connectivity index (χ1) is 14.7. The molecule has 0 aliphatic carbocycles. The van der Waals surface area contributed by atoms with Crippen LogP contribution in [-0.2, 0) is 16.0 Å². The Bertz CT molecular complexity index is 768. The number of hydrogen-bond donors (Lipinski definition) is 2. The molecular weight excluding hydrogens is 496 g/mol. The summed E-state index contributed by atoms with van der Waals surface area (Å²) in [5.41, 5.74) is 1.78. The largest absolute Gasteiger partial charge is 0.481 e. The number of carbonyl (C=O) groups excluding carboxylic acids is 1. The van der Waals surface area contributed by atoms with Gasteiger partial charge in [-0.25, -0.2) is 4.79 Å². The average molecular weight is 534 g/mol.